The minimum Gasteiger partial charge on any atom is -0.462 e. The molecule has 0 amide bonds. The van der Waals surface area contributed by atoms with E-state index >= 15 is 0 Å². The first-order valence-electron chi connectivity index (χ1n) is 30.5. The molecule has 0 rings (SSSR count). The topological polar surface area (TPSA) is 78.9 Å². The van der Waals surface area contributed by atoms with E-state index in [1.165, 1.54) is 250 Å². The minimum absolute atomic E-state index is 0.0634. The molecule has 6 heteroatoms. The highest BCUT2D eigenvalue weighted by Gasteiger charge is 2.19. The van der Waals surface area contributed by atoms with E-state index in [0.717, 1.165) is 64.2 Å². The first kappa shape index (κ1) is 65.4. The molecule has 0 saturated heterocycles. The number of carbonyl (C=O) groups excluding carboxylic acids is 3. The summed E-state index contributed by atoms with van der Waals surface area (Å²) < 4.78 is 16.7. The fourth-order valence-electron chi connectivity index (χ4n) is 9.51. The standard InChI is InChI=1S/C61H118O6/c1-4-7-10-13-15-17-19-20-21-22-23-24-25-26-27-28-29-30-31-32-33-34-35-36-37-38-39-40-41-42-44-45-48-51-54-60(63)66-57-58(56-65-59(62)53-50-47-12-9-6-3)67-61(64)55-52-49-46-43-18-16-14-11-8-5-2/h58H,4-57H2,1-3H3. The summed E-state index contributed by atoms with van der Waals surface area (Å²) in [4.78, 5) is 37.6. The number of unbranched alkanes of at least 4 members (excludes halogenated alkanes) is 46. The average Bonchev–Trinajstić information content (AvgIpc) is 3.33. The zero-order valence-electron chi connectivity index (χ0n) is 45.7. The number of rotatable bonds is 57. The van der Waals surface area contributed by atoms with Crippen molar-refractivity contribution in [2.24, 2.45) is 0 Å². The van der Waals surface area contributed by atoms with Crippen LogP contribution in [0.3, 0.4) is 0 Å². The molecule has 0 saturated carbocycles. The van der Waals surface area contributed by atoms with Crippen molar-refractivity contribution in [2.45, 2.75) is 361 Å². The fourth-order valence-corrected chi connectivity index (χ4v) is 9.51. The summed E-state index contributed by atoms with van der Waals surface area (Å²) in [6, 6.07) is 0. The zero-order valence-corrected chi connectivity index (χ0v) is 45.7. The van der Waals surface area contributed by atoms with Crippen molar-refractivity contribution in [3.05, 3.63) is 0 Å². The number of esters is 3. The molecule has 6 nitrogen and oxygen atoms in total. The molecule has 0 fully saturated rings. The lowest BCUT2D eigenvalue weighted by molar-refractivity contribution is -0.167. The summed E-state index contributed by atoms with van der Waals surface area (Å²) in [7, 11) is 0. The Morgan fingerprint density at radius 2 is 0.403 bits per heavy atom. The molecule has 398 valence electrons. The van der Waals surface area contributed by atoms with Crippen molar-refractivity contribution in [1.82, 2.24) is 0 Å². The largest absolute Gasteiger partial charge is 0.462 e. The molecule has 0 bridgehead atoms. The third kappa shape index (κ3) is 55.2. The van der Waals surface area contributed by atoms with Crippen LogP contribution in [0.2, 0.25) is 0 Å². The number of hydrogen-bond acceptors (Lipinski definition) is 6. The molecule has 67 heavy (non-hydrogen) atoms. The zero-order chi connectivity index (χ0) is 48.6. The van der Waals surface area contributed by atoms with Gasteiger partial charge in [-0.05, 0) is 19.3 Å². The Labute approximate surface area is 418 Å². The molecule has 0 spiro atoms. The van der Waals surface area contributed by atoms with Crippen molar-refractivity contribution in [3.63, 3.8) is 0 Å². The summed E-state index contributed by atoms with van der Waals surface area (Å²) in [6.07, 6.45) is 64.8. The van der Waals surface area contributed by atoms with Gasteiger partial charge < -0.3 is 14.2 Å². The SMILES string of the molecule is CCCCCCCCCCCCCCCCCCCCCCCCCCCCCCCCCCCCC(=O)OCC(COC(=O)CCCCCCC)OC(=O)CCCCCCCCCCCC. The van der Waals surface area contributed by atoms with Gasteiger partial charge in [-0.15, -0.1) is 0 Å². The molecule has 0 heterocycles. The average molecular weight is 948 g/mol. The monoisotopic (exact) mass is 947 g/mol. The van der Waals surface area contributed by atoms with Crippen LogP contribution in [0, 0.1) is 0 Å². The van der Waals surface area contributed by atoms with E-state index < -0.39 is 6.10 Å². The predicted molar refractivity (Wildman–Crippen MR) is 289 cm³/mol. The summed E-state index contributed by atoms with van der Waals surface area (Å²) in [5, 5.41) is 0. The highest BCUT2D eigenvalue weighted by Crippen LogP contribution is 2.18. The Balaban J connectivity index is 3.74. The van der Waals surface area contributed by atoms with Crippen LogP contribution in [0.5, 0.6) is 0 Å². The van der Waals surface area contributed by atoms with Crippen LogP contribution in [0.25, 0.3) is 0 Å². The quantitative estimate of drug-likeness (QED) is 0.0343. The third-order valence-electron chi connectivity index (χ3n) is 14.1. The smallest absolute Gasteiger partial charge is 0.306 e. The van der Waals surface area contributed by atoms with Crippen LogP contribution in [0.1, 0.15) is 355 Å². The number of ether oxygens (including phenoxy) is 3. The highest BCUT2D eigenvalue weighted by atomic mass is 16.6. The number of hydrogen-bond donors (Lipinski definition) is 0. The maximum absolute atomic E-state index is 12.7. The highest BCUT2D eigenvalue weighted by molar-refractivity contribution is 5.71. The summed E-state index contributed by atoms with van der Waals surface area (Å²) in [5.41, 5.74) is 0. The van der Waals surface area contributed by atoms with Gasteiger partial charge in [-0.25, -0.2) is 0 Å². The van der Waals surface area contributed by atoms with Crippen molar-refractivity contribution in [2.75, 3.05) is 13.2 Å². The molecule has 1 atom stereocenters. The van der Waals surface area contributed by atoms with E-state index in [2.05, 4.69) is 20.8 Å². The van der Waals surface area contributed by atoms with Gasteiger partial charge in [-0.2, -0.15) is 0 Å². The molecule has 0 aromatic carbocycles. The van der Waals surface area contributed by atoms with E-state index in [1.807, 2.05) is 0 Å². The maximum atomic E-state index is 12.7. The minimum atomic E-state index is -0.758. The van der Waals surface area contributed by atoms with Gasteiger partial charge in [0.25, 0.3) is 0 Å². The first-order valence-corrected chi connectivity index (χ1v) is 30.5. The maximum Gasteiger partial charge on any atom is 0.306 e. The second-order valence-corrected chi connectivity index (χ2v) is 21.0. The lowest BCUT2D eigenvalue weighted by Crippen LogP contribution is -2.30. The van der Waals surface area contributed by atoms with Gasteiger partial charge in [0.1, 0.15) is 13.2 Å². The van der Waals surface area contributed by atoms with Crippen LogP contribution in [0.15, 0.2) is 0 Å². The van der Waals surface area contributed by atoms with Gasteiger partial charge in [0.05, 0.1) is 0 Å². The molecular formula is C61H118O6. The normalized spacial score (nSPS) is 11.9. The van der Waals surface area contributed by atoms with Gasteiger partial charge in [-0.3, -0.25) is 14.4 Å². The lowest BCUT2D eigenvalue weighted by Gasteiger charge is -2.18. The van der Waals surface area contributed by atoms with Crippen LogP contribution < -0.4 is 0 Å². The van der Waals surface area contributed by atoms with E-state index in [4.69, 9.17) is 14.2 Å². The first-order chi connectivity index (χ1) is 33.0. The second-order valence-electron chi connectivity index (χ2n) is 21.0. The summed E-state index contributed by atoms with van der Waals surface area (Å²) >= 11 is 0. The van der Waals surface area contributed by atoms with Gasteiger partial charge >= 0.3 is 17.9 Å². The molecule has 0 aliphatic heterocycles. The molecule has 0 aliphatic rings. The van der Waals surface area contributed by atoms with E-state index in [-0.39, 0.29) is 31.1 Å². The molecule has 0 radical (unpaired) electrons. The van der Waals surface area contributed by atoms with Crippen molar-refractivity contribution >= 4 is 17.9 Å². The van der Waals surface area contributed by atoms with Gasteiger partial charge in [0.15, 0.2) is 6.10 Å². The van der Waals surface area contributed by atoms with Crippen LogP contribution >= 0.6 is 0 Å². The molecule has 0 N–H and O–H groups in total. The molecule has 0 aromatic heterocycles. The number of carbonyl (C=O) groups is 3. The Morgan fingerprint density at radius 3 is 0.597 bits per heavy atom. The molecule has 0 aromatic rings. The Bertz CT molecular complexity index is 998. The Hall–Kier alpha value is -1.59. The van der Waals surface area contributed by atoms with Crippen LogP contribution in [-0.2, 0) is 28.6 Å². The van der Waals surface area contributed by atoms with Crippen molar-refractivity contribution in [1.29, 1.82) is 0 Å². The fraction of sp³-hybridized carbons (Fsp3) is 0.951. The van der Waals surface area contributed by atoms with Gasteiger partial charge in [0, 0.05) is 19.3 Å². The summed E-state index contributed by atoms with van der Waals surface area (Å²) in [6.45, 7) is 6.59. The van der Waals surface area contributed by atoms with E-state index in [9.17, 15) is 14.4 Å². The van der Waals surface area contributed by atoms with Crippen molar-refractivity contribution in [3.8, 4) is 0 Å². The predicted octanol–water partition coefficient (Wildman–Crippen LogP) is 20.3. The van der Waals surface area contributed by atoms with Gasteiger partial charge in [-0.1, -0.05) is 316 Å². The Kier molecular flexibility index (Phi) is 55.6. The third-order valence-corrected chi connectivity index (χ3v) is 14.1. The molecule has 1 unspecified atom stereocenters. The van der Waals surface area contributed by atoms with Gasteiger partial charge in [0.2, 0.25) is 0 Å². The van der Waals surface area contributed by atoms with Crippen LogP contribution in [0.4, 0.5) is 0 Å². The van der Waals surface area contributed by atoms with E-state index in [0.29, 0.717) is 19.3 Å². The summed E-state index contributed by atoms with van der Waals surface area (Å²) in [5.74, 6) is -0.859. The van der Waals surface area contributed by atoms with Crippen LogP contribution in [-0.4, -0.2) is 37.2 Å². The lowest BCUT2D eigenvalue weighted by atomic mass is 10.0. The molecular weight excluding hydrogens is 829 g/mol. The molecule has 0 aliphatic carbocycles. The second kappa shape index (κ2) is 57.0. The van der Waals surface area contributed by atoms with Crippen molar-refractivity contribution < 1.29 is 28.6 Å². The Morgan fingerprint density at radius 1 is 0.239 bits per heavy atom. The van der Waals surface area contributed by atoms with E-state index in [1.54, 1.807) is 0 Å².